The summed E-state index contributed by atoms with van der Waals surface area (Å²) in [6.45, 7) is 5.08. The average Bonchev–Trinajstić information content (AvgIpc) is 2.81. The maximum Gasteiger partial charge on any atom is 0.339 e. The second-order valence-electron chi connectivity index (χ2n) is 8.37. The Morgan fingerprint density at radius 3 is 2.71 bits per heavy atom. The van der Waals surface area contributed by atoms with Gasteiger partial charge in [0.2, 0.25) is 0 Å². The Labute approximate surface area is 201 Å². The zero-order valence-electron chi connectivity index (χ0n) is 18.8. The minimum atomic E-state index is -1.15. The van der Waals surface area contributed by atoms with Crippen LogP contribution in [-0.2, 0) is 22.5 Å². The van der Waals surface area contributed by atoms with Crippen LogP contribution in [0.5, 0.6) is 0 Å². The van der Waals surface area contributed by atoms with Crippen molar-refractivity contribution in [1.29, 1.82) is 0 Å². The standard InChI is InChI=1S/C25H24ClN3O5/c1-14(2)29-10-9-20-17(12-29)23(16-5-3-4-6-19(16)27-20)25(33)34-13-22(30)28-21-11-15(24(31)32)7-8-18(21)26/h3-8,11,14H,9-10,12-13H2,1-2H3,(H,28,30)(H,31,32). The molecule has 0 bridgehead atoms. The fourth-order valence-electron chi connectivity index (χ4n) is 4.03. The molecule has 0 saturated carbocycles. The van der Waals surface area contributed by atoms with E-state index in [4.69, 9.17) is 26.4 Å². The largest absolute Gasteiger partial charge is 0.478 e. The van der Waals surface area contributed by atoms with Gasteiger partial charge in [-0.1, -0.05) is 29.8 Å². The first-order valence-electron chi connectivity index (χ1n) is 10.9. The number of esters is 1. The van der Waals surface area contributed by atoms with Gasteiger partial charge in [-0.25, -0.2) is 9.59 Å². The normalized spacial score (nSPS) is 13.5. The highest BCUT2D eigenvalue weighted by Gasteiger charge is 2.28. The van der Waals surface area contributed by atoms with Crippen molar-refractivity contribution in [2.24, 2.45) is 0 Å². The summed E-state index contributed by atoms with van der Waals surface area (Å²) in [7, 11) is 0. The van der Waals surface area contributed by atoms with E-state index >= 15 is 0 Å². The number of carbonyl (C=O) groups is 3. The molecule has 1 aliphatic heterocycles. The number of halogens is 1. The number of nitrogens with zero attached hydrogens (tertiary/aromatic N) is 2. The molecule has 2 aromatic carbocycles. The monoisotopic (exact) mass is 481 g/mol. The molecule has 3 aromatic rings. The van der Waals surface area contributed by atoms with E-state index in [1.807, 2.05) is 24.3 Å². The van der Waals surface area contributed by atoms with Crippen molar-refractivity contribution in [1.82, 2.24) is 9.88 Å². The quantitative estimate of drug-likeness (QED) is 0.509. The van der Waals surface area contributed by atoms with Crippen LogP contribution in [0.4, 0.5) is 5.69 Å². The molecule has 0 atom stereocenters. The molecule has 8 nitrogen and oxygen atoms in total. The number of amides is 1. The lowest BCUT2D eigenvalue weighted by Gasteiger charge is -2.32. The van der Waals surface area contributed by atoms with Gasteiger partial charge in [-0.15, -0.1) is 0 Å². The topological polar surface area (TPSA) is 109 Å². The summed E-state index contributed by atoms with van der Waals surface area (Å²) >= 11 is 6.06. The fourth-order valence-corrected chi connectivity index (χ4v) is 4.19. The molecule has 2 heterocycles. The Morgan fingerprint density at radius 2 is 1.97 bits per heavy atom. The summed E-state index contributed by atoms with van der Waals surface area (Å²) in [5.41, 5.74) is 2.91. The maximum atomic E-state index is 13.2. The highest BCUT2D eigenvalue weighted by molar-refractivity contribution is 6.33. The van der Waals surface area contributed by atoms with E-state index in [0.29, 0.717) is 29.1 Å². The summed E-state index contributed by atoms with van der Waals surface area (Å²) in [5.74, 6) is -2.39. The first-order valence-corrected chi connectivity index (χ1v) is 11.3. The third kappa shape index (κ3) is 4.88. The van der Waals surface area contributed by atoms with E-state index < -0.39 is 24.5 Å². The van der Waals surface area contributed by atoms with Crippen LogP contribution in [0.3, 0.4) is 0 Å². The fraction of sp³-hybridized carbons (Fsp3) is 0.280. The Bertz CT molecular complexity index is 1290. The van der Waals surface area contributed by atoms with Crippen LogP contribution in [0.2, 0.25) is 5.02 Å². The molecule has 0 radical (unpaired) electrons. The summed E-state index contributed by atoms with van der Waals surface area (Å²) in [5, 5.41) is 12.5. The van der Waals surface area contributed by atoms with Gasteiger partial charge < -0.3 is 15.2 Å². The second kappa shape index (κ2) is 9.79. The third-order valence-corrected chi connectivity index (χ3v) is 6.16. The molecule has 176 valence electrons. The summed E-state index contributed by atoms with van der Waals surface area (Å²) < 4.78 is 5.39. The zero-order chi connectivity index (χ0) is 24.4. The number of hydrogen-bond acceptors (Lipinski definition) is 6. The van der Waals surface area contributed by atoms with Crippen molar-refractivity contribution < 1.29 is 24.2 Å². The van der Waals surface area contributed by atoms with E-state index in [2.05, 4.69) is 24.1 Å². The van der Waals surface area contributed by atoms with Gasteiger partial charge in [0.1, 0.15) is 0 Å². The van der Waals surface area contributed by atoms with Crippen LogP contribution in [-0.4, -0.2) is 52.0 Å². The molecule has 2 N–H and O–H groups in total. The molecule has 0 fully saturated rings. The molecule has 9 heteroatoms. The molecule has 4 rings (SSSR count). The molecule has 34 heavy (non-hydrogen) atoms. The number of benzene rings is 2. The Morgan fingerprint density at radius 1 is 1.21 bits per heavy atom. The number of para-hydroxylation sites is 1. The van der Waals surface area contributed by atoms with Gasteiger partial charge in [0.15, 0.2) is 6.61 Å². The van der Waals surface area contributed by atoms with Crippen molar-refractivity contribution >= 4 is 46.0 Å². The number of rotatable bonds is 6. The molecule has 0 unspecified atom stereocenters. The molecular weight excluding hydrogens is 458 g/mol. The van der Waals surface area contributed by atoms with Crippen molar-refractivity contribution in [3.05, 3.63) is 69.9 Å². The number of pyridine rings is 1. The van der Waals surface area contributed by atoms with Gasteiger partial charge in [-0.05, 0) is 38.1 Å². The number of anilines is 1. The van der Waals surface area contributed by atoms with E-state index in [9.17, 15) is 14.4 Å². The average molecular weight is 482 g/mol. The number of fused-ring (bicyclic) bond motifs is 2. The van der Waals surface area contributed by atoms with Crippen LogP contribution in [0.15, 0.2) is 42.5 Å². The lowest BCUT2D eigenvalue weighted by Crippen LogP contribution is -2.37. The molecule has 1 aliphatic rings. The molecule has 0 spiro atoms. The molecule has 1 amide bonds. The Balaban J connectivity index is 1.57. The van der Waals surface area contributed by atoms with Gasteiger partial charge in [0.25, 0.3) is 5.91 Å². The summed E-state index contributed by atoms with van der Waals surface area (Å²) in [6, 6.07) is 11.6. The van der Waals surface area contributed by atoms with Crippen LogP contribution >= 0.6 is 11.6 Å². The number of aromatic nitrogens is 1. The second-order valence-corrected chi connectivity index (χ2v) is 8.77. The van der Waals surface area contributed by atoms with Crippen LogP contribution < -0.4 is 5.32 Å². The van der Waals surface area contributed by atoms with E-state index in [1.54, 1.807) is 0 Å². The molecule has 1 aromatic heterocycles. The molecular formula is C25H24ClN3O5. The van der Waals surface area contributed by atoms with Crippen LogP contribution in [0.1, 0.15) is 45.8 Å². The lowest BCUT2D eigenvalue weighted by atomic mass is 9.95. The van der Waals surface area contributed by atoms with Crippen molar-refractivity contribution in [3.8, 4) is 0 Å². The highest BCUT2D eigenvalue weighted by atomic mass is 35.5. The SMILES string of the molecule is CC(C)N1CCc2nc3ccccc3c(C(=O)OCC(=O)Nc3cc(C(=O)O)ccc3Cl)c2C1. The van der Waals surface area contributed by atoms with Crippen LogP contribution in [0.25, 0.3) is 10.9 Å². The van der Waals surface area contributed by atoms with E-state index in [-0.39, 0.29) is 16.3 Å². The number of nitrogens with one attached hydrogen (secondary N) is 1. The minimum Gasteiger partial charge on any atom is -0.478 e. The Kier molecular flexibility index (Phi) is 6.81. The number of carboxylic acids is 1. The number of hydrogen-bond donors (Lipinski definition) is 2. The van der Waals surface area contributed by atoms with Crippen LogP contribution in [0, 0.1) is 0 Å². The lowest BCUT2D eigenvalue weighted by molar-refractivity contribution is -0.119. The molecule has 0 aliphatic carbocycles. The van der Waals surface area contributed by atoms with Gasteiger partial charge in [-0.2, -0.15) is 0 Å². The first kappa shape index (κ1) is 23.7. The van der Waals surface area contributed by atoms with Gasteiger partial charge >= 0.3 is 11.9 Å². The zero-order valence-corrected chi connectivity index (χ0v) is 19.6. The predicted molar refractivity (Wildman–Crippen MR) is 128 cm³/mol. The summed E-state index contributed by atoms with van der Waals surface area (Å²) in [6.07, 6.45) is 0.720. The van der Waals surface area contributed by atoms with Gasteiger partial charge in [0.05, 0.1) is 27.4 Å². The minimum absolute atomic E-state index is 0.0266. The summed E-state index contributed by atoms with van der Waals surface area (Å²) in [4.78, 5) is 43.9. The predicted octanol–water partition coefficient (Wildman–Crippen LogP) is 4.15. The van der Waals surface area contributed by atoms with Crippen molar-refractivity contribution in [2.45, 2.75) is 32.9 Å². The van der Waals surface area contributed by atoms with Crippen molar-refractivity contribution in [3.63, 3.8) is 0 Å². The maximum absolute atomic E-state index is 13.2. The van der Waals surface area contributed by atoms with Crippen molar-refractivity contribution in [2.75, 3.05) is 18.5 Å². The number of carbonyl (C=O) groups excluding carboxylic acids is 2. The first-order chi connectivity index (χ1) is 16.2. The third-order valence-electron chi connectivity index (χ3n) is 5.83. The molecule has 0 saturated heterocycles. The smallest absolute Gasteiger partial charge is 0.339 e. The van der Waals surface area contributed by atoms with Gasteiger partial charge in [-0.3, -0.25) is 14.7 Å². The highest BCUT2D eigenvalue weighted by Crippen LogP contribution is 2.29. The van der Waals surface area contributed by atoms with E-state index in [0.717, 1.165) is 24.2 Å². The number of aromatic carboxylic acids is 1. The van der Waals surface area contributed by atoms with E-state index in [1.165, 1.54) is 18.2 Å². The number of carboxylic acid groups (broad SMARTS) is 1. The Hall–Kier alpha value is -3.49. The number of ether oxygens (including phenoxy) is 1. The van der Waals surface area contributed by atoms with Gasteiger partial charge in [0, 0.05) is 42.2 Å².